The van der Waals surface area contributed by atoms with Crippen LogP contribution in [0.1, 0.15) is 25.7 Å². The van der Waals surface area contributed by atoms with Gasteiger partial charge in [0, 0.05) is 13.2 Å². The molecule has 1 saturated carbocycles. The van der Waals surface area contributed by atoms with Crippen LogP contribution in [-0.4, -0.2) is 28.2 Å². The van der Waals surface area contributed by atoms with Crippen molar-refractivity contribution in [1.29, 1.82) is 0 Å². The number of fused-ring (bicyclic) bond motifs is 1. The fourth-order valence-electron chi connectivity index (χ4n) is 3.17. The Balaban J connectivity index is 1.73. The van der Waals surface area contributed by atoms with E-state index >= 15 is 0 Å². The number of nitrogens with two attached hydrogens (primary N) is 1. The van der Waals surface area contributed by atoms with Crippen LogP contribution in [0, 0.1) is 11.8 Å². The van der Waals surface area contributed by atoms with Crippen LogP contribution in [0.4, 0.5) is 11.6 Å². The third kappa shape index (κ3) is 3.08. The summed E-state index contributed by atoms with van der Waals surface area (Å²) in [7, 11) is 0. The molecule has 4 N–H and O–H groups in total. The van der Waals surface area contributed by atoms with Crippen molar-refractivity contribution in [2.45, 2.75) is 25.7 Å². The Hall–Kier alpha value is -1.88. The van der Waals surface area contributed by atoms with Gasteiger partial charge in [0.25, 0.3) is 0 Å². The summed E-state index contributed by atoms with van der Waals surface area (Å²) in [6.07, 6.45) is 4.72. The molecule has 1 aromatic carbocycles. The number of nitrogens with one attached hydrogen (secondary N) is 1. The maximum atomic E-state index is 9.47. The van der Waals surface area contributed by atoms with Crippen molar-refractivity contribution in [1.82, 2.24) is 9.97 Å². The largest absolute Gasteiger partial charge is 0.396 e. The number of nitrogens with zero attached hydrogens (tertiary/aromatic N) is 2. The maximum absolute atomic E-state index is 9.47. The molecule has 1 aliphatic carbocycles. The third-order valence-corrected chi connectivity index (χ3v) is 4.43. The standard InChI is InChI=1S/C16H22N4O/c17-15-16(20-14-8-4-3-7-13(14)19-15)18-9-11-5-1-2-6-12(11)10-21/h3-4,7-8,11-12,21H,1-2,5-6,9-10H2,(H2,17,19)(H,18,20). The first kappa shape index (κ1) is 14.1. The molecule has 0 aliphatic heterocycles. The lowest BCUT2D eigenvalue weighted by Gasteiger charge is -2.30. The minimum atomic E-state index is 0.269. The van der Waals surface area contributed by atoms with Crippen LogP contribution in [-0.2, 0) is 0 Å². The number of para-hydroxylation sites is 2. The molecule has 0 amide bonds. The zero-order valence-corrected chi connectivity index (χ0v) is 12.1. The van der Waals surface area contributed by atoms with Crippen LogP contribution in [0.25, 0.3) is 11.0 Å². The Kier molecular flexibility index (Phi) is 4.20. The molecule has 3 rings (SSSR count). The van der Waals surface area contributed by atoms with Gasteiger partial charge in [-0.3, -0.25) is 0 Å². The van der Waals surface area contributed by atoms with E-state index in [0.717, 1.165) is 30.4 Å². The minimum Gasteiger partial charge on any atom is -0.396 e. The van der Waals surface area contributed by atoms with Gasteiger partial charge in [-0.2, -0.15) is 0 Å². The van der Waals surface area contributed by atoms with Crippen LogP contribution >= 0.6 is 0 Å². The molecule has 1 heterocycles. The summed E-state index contributed by atoms with van der Waals surface area (Å²) in [5.41, 5.74) is 7.64. The van der Waals surface area contributed by atoms with E-state index in [1.54, 1.807) is 0 Å². The Bertz CT molecular complexity index is 616. The monoisotopic (exact) mass is 286 g/mol. The van der Waals surface area contributed by atoms with Crippen LogP contribution in [0.3, 0.4) is 0 Å². The molecule has 5 heteroatoms. The highest BCUT2D eigenvalue weighted by Crippen LogP contribution is 2.30. The zero-order chi connectivity index (χ0) is 14.7. The predicted octanol–water partition coefficient (Wildman–Crippen LogP) is 2.42. The summed E-state index contributed by atoms with van der Waals surface area (Å²) in [6.45, 7) is 1.06. The van der Waals surface area contributed by atoms with Gasteiger partial charge in [0.1, 0.15) is 0 Å². The van der Waals surface area contributed by atoms with Crippen LogP contribution < -0.4 is 11.1 Å². The lowest BCUT2D eigenvalue weighted by molar-refractivity contribution is 0.141. The third-order valence-electron chi connectivity index (χ3n) is 4.43. The lowest BCUT2D eigenvalue weighted by atomic mass is 9.79. The van der Waals surface area contributed by atoms with Gasteiger partial charge in [-0.1, -0.05) is 25.0 Å². The van der Waals surface area contributed by atoms with Gasteiger partial charge >= 0.3 is 0 Å². The molecule has 2 unspecified atom stereocenters. The molecule has 0 radical (unpaired) electrons. The van der Waals surface area contributed by atoms with Gasteiger partial charge in [-0.05, 0) is 36.8 Å². The van der Waals surface area contributed by atoms with Crippen LogP contribution in [0.2, 0.25) is 0 Å². The molecule has 1 fully saturated rings. The summed E-state index contributed by atoms with van der Waals surface area (Å²) in [6, 6.07) is 7.72. The van der Waals surface area contributed by atoms with E-state index in [4.69, 9.17) is 5.73 Å². The average molecular weight is 286 g/mol. The van der Waals surface area contributed by atoms with Crippen molar-refractivity contribution in [3.8, 4) is 0 Å². The number of rotatable bonds is 4. The van der Waals surface area contributed by atoms with Crippen molar-refractivity contribution >= 4 is 22.7 Å². The Morgan fingerprint density at radius 1 is 1.10 bits per heavy atom. The van der Waals surface area contributed by atoms with E-state index in [1.165, 1.54) is 12.8 Å². The number of nitrogen functional groups attached to an aromatic ring is 1. The topological polar surface area (TPSA) is 84.1 Å². The Morgan fingerprint density at radius 3 is 2.48 bits per heavy atom. The van der Waals surface area contributed by atoms with E-state index in [9.17, 15) is 5.11 Å². The second kappa shape index (κ2) is 6.26. The van der Waals surface area contributed by atoms with Crippen molar-refractivity contribution in [3.05, 3.63) is 24.3 Å². The van der Waals surface area contributed by atoms with Gasteiger partial charge in [-0.15, -0.1) is 0 Å². The Morgan fingerprint density at radius 2 is 1.76 bits per heavy atom. The molecule has 1 aromatic heterocycles. The van der Waals surface area contributed by atoms with Crippen molar-refractivity contribution in [3.63, 3.8) is 0 Å². The second-order valence-corrected chi connectivity index (χ2v) is 5.81. The number of aliphatic hydroxyl groups is 1. The van der Waals surface area contributed by atoms with Gasteiger partial charge in [-0.25, -0.2) is 9.97 Å². The van der Waals surface area contributed by atoms with E-state index in [1.807, 2.05) is 24.3 Å². The fraction of sp³-hybridized carbons (Fsp3) is 0.500. The summed E-state index contributed by atoms with van der Waals surface area (Å²) >= 11 is 0. The first-order valence-corrected chi connectivity index (χ1v) is 7.65. The van der Waals surface area contributed by atoms with Gasteiger partial charge in [0.2, 0.25) is 0 Å². The molecule has 0 bridgehead atoms. The maximum Gasteiger partial charge on any atom is 0.169 e. The van der Waals surface area contributed by atoms with Gasteiger partial charge in [0.05, 0.1) is 11.0 Å². The summed E-state index contributed by atoms with van der Waals surface area (Å²) in [5, 5.41) is 12.8. The highest BCUT2D eigenvalue weighted by Gasteiger charge is 2.24. The molecular weight excluding hydrogens is 264 g/mol. The molecule has 1 aliphatic rings. The molecule has 0 spiro atoms. The van der Waals surface area contributed by atoms with Gasteiger partial charge < -0.3 is 16.2 Å². The second-order valence-electron chi connectivity index (χ2n) is 5.81. The van der Waals surface area contributed by atoms with Crippen LogP contribution in [0.15, 0.2) is 24.3 Å². The Labute approximate surface area is 124 Å². The van der Waals surface area contributed by atoms with E-state index in [-0.39, 0.29) is 6.61 Å². The van der Waals surface area contributed by atoms with Crippen molar-refractivity contribution in [2.75, 3.05) is 24.2 Å². The van der Waals surface area contributed by atoms with Crippen molar-refractivity contribution in [2.24, 2.45) is 11.8 Å². The molecule has 21 heavy (non-hydrogen) atoms. The molecule has 2 atom stereocenters. The first-order chi connectivity index (χ1) is 10.3. The quantitative estimate of drug-likeness (QED) is 0.804. The normalized spacial score (nSPS) is 22.3. The predicted molar refractivity (Wildman–Crippen MR) is 85.0 cm³/mol. The fourth-order valence-corrected chi connectivity index (χ4v) is 3.17. The lowest BCUT2D eigenvalue weighted by Crippen LogP contribution is -2.29. The number of anilines is 2. The molecular formula is C16H22N4O. The van der Waals surface area contributed by atoms with E-state index < -0.39 is 0 Å². The highest BCUT2D eigenvalue weighted by atomic mass is 16.3. The minimum absolute atomic E-state index is 0.269. The smallest absolute Gasteiger partial charge is 0.169 e. The van der Waals surface area contributed by atoms with Gasteiger partial charge in [0.15, 0.2) is 11.6 Å². The SMILES string of the molecule is Nc1nc2ccccc2nc1NCC1CCCCC1CO. The molecule has 5 nitrogen and oxygen atoms in total. The molecule has 112 valence electrons. The van der Waals surface area contributed by atoms with Crippen LogP contribution in [0.5, 0.6) is 0 Å². The number of hydrogen-bond acceptors (Lipinski definition) is 5. The number of benzene rings is 1. The summed E-state index contributed by atoms with van der Waals surface area (Å²) < 4.78 is 0. The first-order valence-electron chi connectivity index (χ1n) is 7.65. The van der Waals surface area contributed by atoms with Crippen molar-refractivity contribution < 1.29 is 5.11 Å². The van der Waals surface area contributed by atoms with E-state index in [0.29, 0.717) is 23.5 Å². The highest BCUT2D eigenvalue weighted by molar-refractivity contribution is 5.79. The van der Waals surface area contributed by atoms with E-state index in [2.05, 4.69) is 15.3 Å². The molecule has 0 saturated heterocycles. The molecule has 2 aromatic rings. The number of hydrogen-bond donors (Lipinski definition) is 3. The summed E-state index contributed by atoms with van der Waals surface area (Å²) in [5.74, 6) is 1.96. The zero-order valence-electron chi connectivity index (χ0n) is 12.1. The number of aliphatic hydroxyl groups excluding tert-OH is 1. The summed E-state index contributed by atoms with van der Waals surface area (Å²) in [4.78, 5) is 8.93. The average Bonchev–Trinajstić information content (AvgIpc) is 2.53. The number of aromatic nitrogens is 2.